The Morgan fingerprint density at radius 1 is 1.32 bits per heavy atom. The molecule has 0 unspecified atom stereocenters. The van der Waals surface area contributed by atoms with Crippen LogP contribution in [0.15, 0.2) is 36.5 Å². The van der Waals surface area contributed by atoms with Crippen molar-refractivity contribution in [2.24, 2.45) is 0 Å². The number of nitrogens with zero attached hydrogens (tertiary/aromatic N) is 2. The zero-order chi connectivity index (χ0) is 17.5. The van der Waals surface area contributed by atoms with Gasteiger partial charge in [-0.25, -0.2) is 0 Å². The molecule has 5 nitrogen and oxygen atoms in total. The number of amides is 1. The second-order valence-electron chi connectivity index (χ2n) is 6.24. The lowest BCUT2D eigenvalue weighted by atomic mass is 10.1. The summed E-state index contributed by atoms with van der Waals surface area (Å²) in [6.45, 7) is 6.09. The van der Waals surface area contributed by atoms with Crippen LogP contribution in [0.5, 0.6) is 0 Å². The highest BCUT2D eigenvalue weighted by Crippen LogP contribution is 2.27. The third-order valence-corrected chi connectivity index (χ3v) is 5.50. The van der Waals surface area contributed by atoms with E-state index in [9.17, 15) is 4.79 Å². The van der Waals surface area contributed by atoms with Crippen molar-refractivity contribution in [1.29, 1.82) is 0 Å². The Hall–Kier alpha value is -1.76. The molecular weight excluding hydrogens is 334 g/mol. The smallest absolute Gasteiger partial charge is 0.220 e. The van der Waals surface area contributed by atoms with Crippen LogP contribution in [0.25, 0.3) is 0 Å². The minimum absolute atomic E-state index is 0.0807. The highest BCUT2D eigenvalue weighted by molar-refractivity contribution is 7.12. The Kier molecular flexibility index (Phi) is 6.55. The topological polar surface area (TPSA) is 54.5 Å². The highest BCUT2D eigenvalue weighted by atomic mass is 32.1. The Labute approximate surface area is 153 Å². The largest absolute Gasteiger partial charge is 0.379 e. The molecule has 1 N–H and O–H groups in total. The molecule has 1 saturated heterocycles. The summed E-state index contributed by atoms with van der Waals surface area (Å²) in [5.74, 6) is 0.0807. The van der Waals surface area contributed by atoms with E-state index in [1.807, 2.05) is 29.5 Å². The van der Waals surface area contributed by atoms with Crippen molar-refractivity contribution in [3.05, 3.63) is 52.0 Å². The van der Waals surface area contributed by atoms with Gasteiger partial charge in [0.25, 0.3) is 0 Å². The average molecular weight is 359 g/mol. The Morgan fingerprint density at radius 3 is 2.84 bits per heavy atom. The summed E-state index contributed by atoms with van der Waals surface area (Å²) < 4.78 is 5.47. The first-order chi connectivity index (χ1) is 12.2. The molecule has 0 spiro atoms. The number of hydrogen-bond acceptors (Lipinski definition) is 5. The molecule has 0 saturated carbocycles. The first-order valence-corrected chi connectivity index (χ1v) is 9.59. The van der Waals surface area contributed by atoms with Crippen molar-refractivity contribution in [2.75, 3.05) is 32.8 Å². The lowest BCUT2D eigenvalue weighted by Gasteiger charge is -2.34. The molecule has 0 aromatic carbocycles. The third kappa shape index (κ3) is 5.36. The summed E-state index contributed by atoms with van der Waals surface area (Å²) >= 11 is 1.81. The predicted octanol–water partition coefficient (Wildman–Crippen LogP) is 2.57. The lowest BCUT2D eigenvalue weighted by molar-refractivity contribution is -0.121. The molecule has 2 aromatic rings. The first-order valence-electron chi connectivity index (χ1n) is 8.77. The van der Waals surface area contributed by atoms with Gasteiger partial charge in [-0.2, -0.15) is 0 Å². The first kappa shape index (κ1) is 18.0. The van der Waals surface area contributed by atoms with Crippen LogP contribution in [0.2, 0.25) is 0 Å². The third-order valence-electron chi connectivity index (χ3n) is 4.40. The number of hydrogen-bond donors (Lipinski definition) is 1. The fourth-order valence-corrected chi connectivity index (χ4v) is 4.03. The molecule has 2 aromatic heterocycles. The second-order valence-corrected chi connectivity index (χ2v) is 7.56. The van der Waals surface area contributed by atoms with Gasteiger partial charge in [-0.05, 0) is 37.6 Å². The Bertz CT molecular complexity index is 668. The van der Waals surface area contributed by atoms with Gasteiger partial charge >= 0.3 is 0 Å². The van der Waals surface area contributed by atoms with Crippen LogP contribution in [0.3, 0.4) is 0 Å². The molecule has 1 amide bonds. The van der Waals surface area contributed by atoms with Crippen molar-refractivity contribution in [1.82, 2.24) is 15.2 Å². The Morgan fingerprint density at radius 2 is 2.16 bits per heavy atom. The van der Waals surface area contributed by atoms with Gasteiger partial charge in [-0.1, -0.05) is 6.07 Å². The minimum Gasteiger partial charge on any atom is -0.379 e. The maximum atomic E-state index is 12.3. The van der Waals surface area contributed by atoms with Crippen molar-refractivity contribution >= 4 is 17.2 Å². The fraction of sp³-hybridized carbons (Fsp3) is 0.474. The van der Waals surface area contributed by atoms with E-state index in [2.05, 4.69) is 34.3 Å². The number of thiophene rings is 1. The quantitative estimate of drug-likeness (QED) is 0.826. The molecule has 3 heterocycles. The highest BCUT2D eigenvalue weighted by Gasteiger charge is 2.24. The number of nitrogens with one attached hydrogen (secondary N) is 1. The van der Waals surface area contributed by atoms with Gasteiger partial charge in [0, 0.05) is 47.7 Å². The van der Waals surface area contributed by atoms with E-state index < -0.39 is 0 Å². The van der Waals surface area contributed by atoms with Crippen LogP contribution < -0.4 is 5.32 Å². The average Bonchev–Trinajstić information content (AvgIpc) is 3.08. The summed E-state index contributed by atoms with van der Waals surface area (Å²) in [4.78, 5) is 21.6. The second kappa shape index (κ2) is 9.08. The van der Waals surface area contributed by atoms with Gasteiger partial charge in [0.2, 0.25) is 5.91 Å². The molecule has 0 aliphatic carbocycles. The van der Waals surface area contributed by atoms with E-state index in [4.69, 9.17) is 4.74 Å². The number of morpholine rings is 1. The Balaban J connectivity index is 1.55. The SMILES string of the molecule is Cc1ccc([C@@H](CNC(=O)CCc2ccccn2)N2CCOCC2)s1. The van der Waals surface area contributed by atoms with Crippen LogP contribution in [-0.2, 0) is 16.0 Å². The lowest BCUT2D eigenvalue weighted by Crippen LogP contribution is -2.43. The molecular formula is C19H25N3O2S. The maximum Gasteiger partial charge on any atom is 0.220 e. The van der Waals surface area contributed by atoms with Crippen LogP contribution in [0, 0.1) is 6.92 Å². The van der Waals surface area contributed by atoms with E-state index in [1.54, 1.807) is 6.20 Å². The summed E-state index contributed by atoms with van der Waals surface area (Å²) in [5, 5.41) is 3.12. The zero-order valence-electron chi connectivity index (χ0n) is 14.6. The van der Waals surface area contributed by atoms with Gasteiger partial charge in [0.1, 0.15) is 0 Å². The molecule has 1 aliphatic heterocycles. The number of aryl methyl sites for hydroxylation is 2. The van der Waals surface area contributed by atoms with E-state index in [1.165, 1.54) is 9.75 Å². The number of carbonyl (C=O) groups excluding carboxylic acids is 1. The molecule has 1 fully saturated rings. The summed E-state index contributed by atoms with van der Waals surface area (Å²) in [5.41, 5.74) is 0.955. The van der Waals surface area contributed by atoms with Gasteiger partial charge in [0.05, 0.1) is 19.3 Å². The number of ether oxygens (including phenoxy) is 1. The van der Waals surface area contributed by atoms with Gasteiger partial charge in [-0.3, -0.25) is 14.7 Å². The van der Waals surface area contributed by atoms with Gasteiger partial charge < -0.3 is 10.1 Å². The summed E-state index contributed by atoms with van der Waals surface area (Å²) in [7, 11) is 0. The van der Waals surface area contributed by atoms with Crippen molar-refractivity contribution in [2.45, 2.75) is 25.8 Å². The fourth-order valence-electron chi connectivity index (χ4n) is 3.02. The monoisotopic (exact) mass is 359 g/mol. The van der Waals surface area contributed by atoms with E-state index >= 15 is 0 Å². The van der Waals surface area contributed by atoms with Crippen molar-refractivity contribution in [3.8, 4) is 0 Å². The van der Waals surface area contributed by atoms with Gasteiger partial charge in [0.15, 0.2) is 0 Å². The standard InChI is InChI=1S/C19H25N3O2S/c1-15-5-7-18(25-15)17(22-10-12-24-13-11-22)14-21-19(23)8-6-16-4-2-3-9-20-16/h2-5,7,9,17H,6,8,10-14H2,1H3,(H,21,23)/t17-/m1/s1. The number of aromatic nitrogens is 1. The molecule has 6 heteroatoms. The van der Waals surface area contributed by atoms with Crippen molar-refractivity contribution < 1.29 is 9.53 Å². The molecule has 134 valence electrons. The van der Waals surface area contributed by atoms with Crippen LogP contribution >= 0.6 is 11.3 Å². The minimum atomic E-state index is 0.0807. The predicted molar refractivity (Wildman–Crippen MR) is 99.8 cm³/mol. The molecule has 1 aliphatic rings. The number of carbonyl (C=O) groups is 1. The molecule has 25 heavy (non-hydrogen) atoms. The van der Waals surface area contributed by atoms with E-state index in [0.717, 1.165) is 32.0 Å². The van der Waals surface area contributed by atoms with Crippen molar-refractivity contribution in [3.63, 3.8) is 0 Å². The zero-order valence-corrected chi connectivity index (χ0v) is 15.4. The van der Waals surface area contributed by atoms with Crippen LogP contribution in [0.1, 0.15) is 27.9 Å². The molecule has 1 atom stereocenters. The van der Waals surface area contributed by atoms with E-state index in [0.29, 0.717) is 19.4 Å². The number of rotatable bonds is 7. The van der Waals surface area contributed by atoms with E-state index in [-0.39, 0.29) is 11.9 Å². The van der Waals surface area contributed by atoms with Gasteiger partial charge in [-0.15, -0.1) is 11.3 Å². The summed E-state index contributed by atoms with van der Waals surface area (Å²) in [6, 6.07) is 10.4. The normalized spacial score (nSPS) is 16.5. The molecule has 3 rings (SSSR count). The summed E-state index contributed by atoms with van der Waals surface area (Å²) in [6.07, 6.45) is 2.91. The molecule has 0 bridgehead atoms. The maximum absolute atomic E-state index is 12.3. The van der Waals surface area contributed by atoms with Crippen LogP contribution in [0.4, 0.5) is 0 Å². The number of pyridine rings is 1. The molecule has 0 radical (unpaired) electrons. The van der Waals surface area contributed by atoms with Crippen LogP contribution in [-0.4, -0.2) is 48.6 Å².